The van der Waals surface area contributed by atoms with E-state index in [4.69, 9.17) is 14.9 Å². The number of aliphatic hydroxyl groups excluding tert-OH is 1. The number of hydrogen-bond acceptors (Lipinski definition) is 4. The summed E-state index contributed by atoms with van der Waals surface area (Å²) in [5, 5.41) is 22.1. The number of amides is 1. The molecule has 2 aromatic carbocycles. The van der Waals surface area contributed by atoms with E-state index in [0.717, 1.165) is 30.8 Å². The second-order valence-electron chi connectivity index (χ2n) is 5.99. The van der Waals surface area contributed by atoms with E-state index in [2.05, 4.69) is 29.4 Å². The molecule has 1 aliphatic rings. The van der Waals surface area contributed by atoms with E-state index in [1.165, 1.54) is 5.56 Å². The molecule has 0 saturated carbocycles. The van der Waals surface area contributed by atoms with E-state index in [1.54, 1.807) is 7.11 Å². The molecule has 0 radical (unpaired) electrons. The smallest absolute Gasteiger partial charge is 0.405 e. The van der Waals surface area contributed by atoms with Crippen LogP contribution in [-0.4, -0.2) is 49.2 Å². The van der Waals surface area contributed by atoms with Crippen molar-refractivity contribution in [2.75, 3.05) is 26.7 Å². The molecule has 3 rings (SSSR count). The van der Waals surface area contributed by atoms with Gasteiger partial charge >= 0.3 is 6.09 Å². The standard InChI is InChI=1S/C10H9NO2.C8H10O.C4H9NO/c12-10(13)11-8-4-7-9-5-2-1-3-6-9;1-7-3-5-8(9-2)6-4-7;6-4-1-2-5-3-4/h1-3,5-6,11H,8H2,(H,12,13);3-6H,1-2H3;4-6H,1-3H2. The second kappa shape index (κ2) is 14.1. The van der Waals surface area contributed by atoms with Crippen molar-refractivity contribution in [3.05, 3.63) is 65.7 Å². The Kier molecular flexibility index (Phi) is 11.6. The second-order valence-corrected chi connectivity index (χ2v) is 5.99. The van der Waals surface area contributed by atoms with Gasteiger partial charge in [-0.05, 0) is 44.2 Å². The van der Waals surface area contributed by atoms with Gasteiger partial charge < -0.3 is 25.6 Å². The molecular weight excluding hydrogens is 356 g/mol. The summed E-state index contributed by atoms with van der Waals surface area (Å²) in [6.07, 6.45) is -0.188. The Bertz CT molecular complexity index is 731. The van der Waals surface area contributed by atoms with Crippen LogP contribution in [0.25, 0.3) is 0 Å². The summed E-state index contributed by atoms with van der Waals surface area (Å²) in [5.41, 5.74) is 2.14. The third kappa shape index (κ3) is 11.6. The Morgan fingerprint density at radius 3 is 2.36 bits per heavy atom. The Labute approximate surface area is 166 Å². The van der Waals surface area contributed by atoms with Crippen molar-refractivity contribution in [2.45, 2.75) is 19.4 Å². The van der Waals surface area contributed by atoms with Crippen molar-refractivity contribution in [2.24, 2.45) is 0 Å². The summed E-state index contributed by atoms with van der Waals surface area (Å²) in [6, 6.07) is 17.4. The van der Waals surface area contributed by atoms with E-state index in [0.29, 0.717) is 0 Å². The first-order valence-corrected chi connectivity index (χ1v) is 9.01. The maximum absolute atomic E-state index is 10.0. The molecule has 1 unspecified atom stereocenters. The lowest BCUT2D eigenvalue weighted by Gasteiger charge is -1.97. The minimum absolute atomic E-state index is 0.0648. The highest BCUT2D eigenvalue weighted by molar-refractivity contribution is 5.64. The summed E-state index contributed by atoms with van der Waals surface area (Å²) >= 11 is 0. The van der Waals surface area contributed by atoms with Gasteiger partial charge in [0.1, 0.15) is 5.75 Å². The van der Waals surface area contributed by atoms with Gasteiger partial charge in [0, 0.05) is 12.1 Å². The lowest BCUT2D eigenvalue weighted by Crippen LogP contribution is -2.20. The van der Waals surface area contributed by atoms with Gasteiger partial charge in [-0.3, -0.25) is 0 Å². The number of aryl methyl sites for hydroxylation is 1. The zero-order valence-corrected chi connectivity index (χ0v) is 16.3. The van der Waals surface area contributed by atoms with Gasteiger partial charge in [0.15, 0.2) is 0 Å². The maximum atomic E-state index is 10.0. The number of benzene rings is 2. The van der Waals surface area contributed by atoms with Crippen LogP contribution in [0.2, 0.25) is 0 Å². The molecule has 150 valence electrons. The Balaban J connectivity index is 0.000000226. The average Bonchev–Trinajstić information content (AvgIpc) is 3.19. The molecule has 2 aromatic rings. The van der Waals surface area contributed by atoms with E-state index < -0.39 is 6.09 Å². The van der Waals surface area contributed by atoms with Crippen molar-refractivity contribution in [3.8, 4) is 17.6 Å². The fourth-order valence-corrected chi connectivity index (χ4v) is 2.10. The number of β-amino-alcohol motifs (C(OH)–C–C–N with tert-alkyl or cyclic N) is 1. The largest absolute Gasteiger partial charge is 0.497 e. The van der Waals surface area contributed by atoms with Gasteiger partial charge in [0.25, 0.3) is 0 Å². The SMILES string of the molecule is COc1ccc(C)cc1.O=C(O)NCC#Cc1ccccc1.OC1CCNC1. The summed E-state index contributed by atoms with van der Waals surface area (Å²) < 4.78 is 4.97. The highest BCUT2D eigenvalue weighted by Gasteiger charge is 2.08. The highest BCUT2D eigenvalue weighted by Crippen LogP contribution is 2.09. The molecule has 1 fully saturated rings. The van der Waals surface area contributed by atoms with Crippen molar-refractivity contribution in [1.82, 2.24) is 10.6 Å². The van der Waals surface area contributed by atoms with Crippen LogP contribution < -0.4 is 15.4 Å². The van der Waals surface area contributed by atoms with Crippen LogP contribution in [0.1, 0.15) is 17.5 Å². The lowest BCUT2D eigenvalue weighted by atomic mass is 10.2. The zero-order chi connectivity index (χ0) is 20.6. The van der Waals surface area contributed by atoms with E-state index in [-0.39, 0.29) is 12.6 Å². The Morgan fingerprint density at radius 1 is 1.21 bits per heavy atom. The van der Waals surface area contributed by atoms with Crippen LogP contribution in [0.4, 0.5) is 4.79 Å². The minimum Gasteiger partial charge on any atom is -0.497 e. The number of carboxylic acid groups (broad SMARTS) is 1. The fourth-order valence-electron chi connectivity index (χ4n) is 2.10. The molecule has 0 spiro atoms. The molecule has 6 nitrogen and oxygen atoms in total. The molecule has 1 aliphatic heterocycles. The summed E-state index contributed by atoms with van der Waals surface area (Å²) in [7, 11) is 1.67. The minimum atomic E-state index is -1.05. The van der Waals surface area contributed by atoms with Crippen LogP contribution in [0.15, 0.2) is 54.6 Å². The quantitative estimate of drug-likeness (QED) is 0.598. The number of rotatable bonds is 2. The van der Waals surface area contributed by atoms with Gasteiger partial charge in [0.05, 0.1) is 19.8 Å². The van der Waals surface area contributed by atoms with Crippen molar-refractivity contribution >= 4 is 6.09 Å². The third-order valence-electron chi connectivity index (χ3n) is 3.63. The Morgan fingerprint density at radius 2 is 1.89 bits per heavy atom. The molecule has 28 heavy (non-hydrogen) atoms. The van der Waals surface area contributed by atoms with Crippen LogP contribution in [0.3, 0.4) is 0 Å². The summed E-state index contributed by atoms with van der Waals surface area (Å²) in [5.74, 6) is 6.43. The molecule has 1 saturated heterocycles. The van der Waals surface area contributed by atoms with Crippen LogP contribution in [-0.2, 0) is 0 Å². The zero-order valence-electron chi connectivity index (χ0n) is 16.3. The van der Waals surface area contributed by atoms with Crippen molar-refractivity contribution in [1.29, 1.82) is 0 Å². The number of ether oxygens (including phenoxy) is 1. The molecule has 0 bridgehead atoms. The van der Waals surface area contributed by atoms with Gasteiger partial charge in [-0.25, -0.2) is 4.79 Å². The fraction of sp³-hybridized carbons (Fsp3) is 0.318. The van der Waals surface area contributed by atoms with E-state index in [1.807, 2.05) is 54.6 Å². The molecular formula is C22H28N2O4. The molecule has 1 atom stereocenters. The number of hydrogen-bond donors (Lipinski definition) is 4. The highest BCUT2D eigenvalue weighted by atomic mass is 16.5. The predicted molar refractivity (Wildman–Crippen MR) is 111 cm³/mol. The summed E-state index contributed by atoms with van der Waals surface area (Å²) in [4.78, 5) is 10.0. The van der Waals surface area contributed by atoms with Crippen molar-refractivity contribution in [3.63, 3.8) is 0 Å². The molecule has 0 aliphatic carbocycles. The van der Waals surface area contributed by atoms with Crippen molar-refractivity contribution < 1.29 is 19.7 Å². The molecule has 1 amide bonds. The molecule has 1 heterocycles. The average molecular weight is 384 g/mol. The normalized spacial score (nSPS) is 14.2. The molecule has 0 aromatic heterocycles. The number of carbonyl (C=O) groups is 1. The number of nitrogens with one attached hydrogen (secondary N) is 2. The van der Waals surface area contributed by atoms with Crippen LogP contribution in [0.5, 0.6) is 5.75 Å². The predicted octanol–water partition coefficient (Wildman–Crippen LogP) is 2.65. The first-order chi connectivity index (χ1) is 13.5. The molecule has 6 heteroatoms. The number of methoxy groups -OCH3 is 1. The lowest BCUT2D eigenvalue weighted by molar-refractivity contribution is 0.195. The summed E-state index contributed by atoms with van der Waals surface area (Å²) in [6.45, 7) is 3.99. The van der Waals surface area contributed by atoms with Gasteiger partial charge in [-0.2, -0.15) is 0 Å². The number of aliphatic hydroxyl groups is 1. The van der Waals surface area contributed by atoms with E-state index >= 15 is 0 Å². The van der Waals surface area contributed by atoms with E-state index in [9.17, 15) is 4.79 Å². The maximum Gasteiger partial charge on any atom is 0.405 e. The monoisotopic (exact) mass is 384 g/mol. The van der Waals surface area contributed by atoms with Gasteiger partial charge in [-0.15, -0.1) is 0 Å². The van der Waals surface area contributed by atoms with Gasteiger partial charge in [-0.1, -0.05) is 47.7 Å². The first kappa shape index (κ1) is 23.0. The van der Waals surface area contributed by atoms with Crippen LogP contribution >= 0.6 is 0 Å². The first-order valence-electron chi connectivity index (χ1n) is 9.01. The third-order valence-corrected chi connectivity index (χ3v) is 3.63. The van der Waals surface area contributed by atoms with Gasteiger partial charge in [0.2, 0.25) is 0 Å². The Hall–Kier alpha value is -3.01. The van der Waals surface area contributed by atoms with Crippen LogP contribution in [0, 0.1) is 18.8 Å². The topological polar surface area (TPSA) is 90.8 Å². The molecule has 4 N–H and O–H groups in total.